The molecule has 0 aliphatic carbocycles. The molecule has 2 atom stereocenters. The van der Waals surface area contributed by atoms with E-state index in [2.05, 4.69) is 31.4 Å². The molecule has 0 aliphatic rings. The summed E-state index contributed by atoms with van der Waals surface area (Å²) in [5.41, 5.74) is -0.482. The molecule has 1 rings (SSSR count). The van der Waals surface area contributed by atoms with Gasteiger partial charge >= 0.3 is 6.09 Å². The molecule has 2 N–H and O–H groups in total. The van der Waals surface area contributed by atoms with Crippen LogP contribution in [0, 0.1) is 12.8 Å². The van der Waals surface area contributed by atoms with Crippen molar-refractivity contribution >= 4 is 6.09 Å². The second-order valence-corrected chi connectivity index (χ2v) is 7.07. The molecule has 1 aromatic rings. The van der Waals surface area contributed by atoms with Crippen molar-refractivity contribution in [1.29, 1.82) is 0 Å². The van der Waals surface area contributed by atoms with Gasteiger partial charge < -0.3 is 19.8 Å². The van der Waals surface area contributed by atoms with E-state index in [0.29, 0.717) is 12.5 Å². The summed E-state index contributed by atoms with van der Waals surface area (Å²) in [5, 5.41) is 6.33. The molecule has 0 fully saturated rings. The van der Waals surface area contributed by atoms with Crippen molar-refractivity contribution in [2.45, 2.75) is 66.2 Å². The van der Waals surface area contributed by atoms with Crippen molar-refractivity contribution in [3.05, 3.63) is 23.7 Å². The summed E-state index contributed by atoms with van der Waals surface area (Å²) in [5.74, 6) is 2.17. The fraction of sp³-hybridized carbons (Fsp3) is 0.706. The first-order valence-electron chi connectivity index (χ1n) is 7.87. The minimum absolute atomic E-state index is 0.0848. The molecule has 0 saturated carbocycles. The summed E-state index contributed by atoms with van der Waals surface area (Å²) in [6.45, 7) is 14.3. The van der Waals surface area contributed by atoms with Gasteiger partial charge in [-0.2, -0.15) is 0 Å². The molecule has 0 saturated heterocycles. The van der Waals surface area contributed by atoms with E-state index < -0.39 is 5.60 Å². The van der Waals surface area contributed by atoms with Gasteiger partial charge in [0.15, 0.2) is 0 Å². The van der Waals surface area contributed by atoms with Crippen LogP contribution in [-0.4, -0.2) is 24.3 Å². The van der Waals surface area contributed by atoms with Crippen LogP contribution in [0.4, 0.5) is 4.79 Å². The first-order valence-corrected chi connectivity index (χ1v) is 7.87. The Morgan fingerprint density at radius 1 is 1.27 bits per heavy atom. The topological polar surface area (TPSA) is 63.5 Å². The second kappa shape index (κ2) is 7.68. The molecule has 0 aromatic carbocycles. The van der Waals surface area contributed by atoms with Crippen LogP contribution >= 0.6 is 0 Å². The molecule has 0 bridgehead atoms. The summed E-state index contributed by atoms with van der Waals surface area (Å²) in [7, 11) is 0. The summed E-state index contributed by atoms with van der Waals surface area (Å²) >= 11 is 0. The van der Waals surface area contributed by atoms with E-state index >= 15 is 0 Å². The summed E-state index contributed by atoms with van der Waals surface area (Å²) in [4.78, 5) is 11.8. The van der Waals surface area contributed by atoms with Gasteiger partial charge in [-0.25, -0.2) is 4.79 Å². The number of furan rings is 1. The Hall–Kier alpha value is -1.49. The zero-order valence-electron chi connectivity index (χ0n) is 14.8. The Bertz CT molecular complexity index is 474. The number of amides is 1. The Morgan fingerprint density at radius 3 is 2.36 bits per heavy atom. The van der Waals surface area contributed by atoms with Crippen LogP contribution in [0.2, 0.25) is 0 Å². The third-order valence-electron chi connectivity index (χ3n) is 3.32. The number of carbonyl (C=O) groups excluding carboxylic acids is 1. The molecule has 1 amide bonds. The zero-order chi connectivity index (χ0) is 16.9. The van der Waals surface area contributed by atoms with E-state index in [1.54, 1.807) is 0 Å². The minimum atomic E-state index is -0.482. The molecule has 1 heterocycles. The molecule has 2 unspecified atom stereocenters. The van der Waals surface area contributed by atoms with E-state index in [1.165, 1.54) is 0 Å². The molecule has 5 heteroatoms. The van der Waals surface area contributed by atoms with Gasteiger partial charge in [0.25, 0.3) is 0 Å². The van der Waals surface area contributed by atoms with Crippen molar-refractivity contribution in [1.82, 2.24) is 10.6 Å². The Morgan fingerprint density at radius 2 is 1.91 bits per heavy atom. The van der Waals surface area contributed by atoms with Gasteiger partial charge in [-0.3, -0.25) is 0 Å². The lowest BCUT2D eigenvalue weighted by atomic mass is 10.0. The third-order valence-corrected chi connectivity index (χ3v) is 3.32. The molecule has 5 nitrogen and oxygen atoms in total. The minimum Gasteiger partial charge on any atom is -0.465 e. The number of rotatable bonds is 6. The van der Waals surface area contributed by atoms with Gasteiger partial charge in [0.1, 0.15) is 17.1 Å². The molecule has 0 spiro atoms. The lowest BCUT2D eigenvalue weighted by molar-refractivity contribution is 0.0518. The SMILES string of the molecule is Cc1ccc(C(C)NC(CNC(=O)OC(C)(C)C)C(C)C)o1. The monoisotopic (exact) mass is 310 g/mol. The number of carbonyl (C=O) groups is 1. The van der Waals surface area contributed by atoms with Crippen LogP contribution in [-0.2, 0) is 4.74 Å². The molecule has 22 heavy (non-hydrogen) atoms. The maximum absolute atomic E-state index is 11.8. The molecule has 1 aromatic heterocycles. The molecule has 126 valence electrons. The van der Waals surface area contributed by atoms with Crippen LogP contribution < -0.4 is 10.6 Å². The molecular formula is C17H30N2O3. The third kappa shape index (κ3) is 6.52. The maximum atomic E-state index is 11.8. The highest BCUT2D eigenvalue weighted by Gasteiger charge is 2.21. The first-order chi connectivity index (χ1) is 10.1. The molecular weight excluding hydrogens is 280 g/mol. The summed E-state index contributed by atoms with van der Waals surface area (Å²) in [6.07, 6.45) is -0.388. The van der Waals surface area contributed by atoms with Gasteiger partial charge in [-0.1, -0.05) is 13.8 Å². The van der Waals surface area contributed by atoms with Gasteiger partial charge in [0.2, 0.25) is 0 Å². The fourth-order valence-corrected chi connectivity index (χ4v) is 2.08. The van der Waals surface area contributed by atoms with Gasteiger partial charge in [0, 0.05) is 12.6 Å². The van der Waals surface area contributed by atoms with Gasteiger partial charge in [-0.15, -0.1) is 0 Å². The fourth-order valence-electron chi connectivity index (χ4n) is 2.08. The van der Waals surface area contributed by atoms with Crippen molar-refractivity contribution < 1.29 is 13.9 Å². The van der Waals surface area contributed by atoms with Crippen LogP contribution in [0.3, 0.4) is 0 Å². The van der Waals surface area contributed by atoms with E-state index in [1.807, 2.05) is 39.8 Å². The highest BCUT2D eigenvalue weighted by Crippen LogP contribution is 2.17. The smallest absolute Gasteiger partial charge is 0.407 e. The van der Waals surface area contributed by atoms with Crippen molar-refractivity contribution in [3.63, 3.8) is 0 Å². The number of ether oxygens (including phenoxy) is 1. The van der Waals surface area contributed by atoms with E-state index in [9.17, 15) is 4.79 Å². The summed E-state index contributed by atoms with van der Waals surface area (Å²) in [6, 6.07) is 4.15. The van der Waals surface area contributed by atoms with Crippen LogP contribution in [0.5, 0.6) is 0 Å². The largest absolute Gasteiger partial charge is 0.465 e. The zero-order valence-corrected chi connectivity index (χ0v) is 14.8. The average Bonchev–Trinajstić information content (AvgIpc) is 2.78. The van der Waals surface area contributed by atoms with Crippen LogP contribution in [0.1, 0.15) is 59.1 Å². The maximum Gasteiger partial charge on any atom is 0.407 e. The number of hydrogen-bond acceptors (Lipinski definition) is 4. The van der Waals surface area contributed by atoms with E-state index in [0.717, 1.165) is 11.5 Å². The van der Waals surface area contributed by atoms with Crippen molar-refractivity contribution in [2.75, 3.05) is 6.54 Å². The molecule has 0 aliphatic heterocycles. The predicted molar refractivity (Wildman–Crippen MR) is 87.9 cm³/mol. The quantitative estimate of drug-likeness (QED) is 0.839. The Balaban J connectivity index is 2.53. The van der Waals surface area contributed by atoms with Crippen molar-refractivity contribution in [3.8, 4) is 0 Å². The van der Waals surface area contributed by atoms with E-state index in [4.69, 9.17) is 9.15 Å². The Labute approximate surface area is 133 Å². The lowest BCUT2D eigenvalue weighted by Crippen LogP contribution is -2.46. The first kappa shape index (κ1) is 18.6. The number of aryl methyl sites for hydroxylation is 1. The van der Waals surface area contributed by atoms with Gasteiger partial charge in [-0.05, 0) is 52.7 Å². The summed E-state index contributed by atoms with van der Waals surface area (Å²) < 4.78 is 10.9. The van der Waals surface area contributed by atoms with Gasteiger partial charge in [0.05, 0.1) is 6.04 Å². The average molecular weight is 310 g/mol. The van der Waals surface area contributed by atoms with Crippen molar-refractivity contribution in [2.24, 2.45) is 5.92 Å². The molecule has 0 radical (unpaired) electrons. The highest BCUT2D eigenvalue weighted by molar-refractivity contribution is 5.67. The number of alkyl carbamates (subject to hydrolysis) is 1. The standard InChI is InChI=1S/C17H30N2O3/c1-11(2)14(10-18-16(20)22-17(5,6)7)19-13(4)15-9-8-12(3)21-15/h8-9,11,13-14,19H,10H2,1-7H3,(H,18,20). The second-order valence-electron chi connectivity index (χ2n) is 7.07. The number of hydrogen-bond donors (Lipinski definition) is 2. The highest BCUT2D eigenvalue weighted by atomic mass is 16.6. The van der Waals surface area contributed by atoms with E-state index in [-0.39, 0.29) is 18.2 Å². The van der Waals surface area contributed by atoms with Crippen LogP contribution in [0.25, 0.3) is 0 Å². The Kier molecular flexibility index (Phi) is 6.48. The van der Waals surface area contributed by atoms with Crippen LogP contribution in [0.15, 0.2) is 16.5 Å². The number of nitrogens with one attached hydrogen (secondary N) is 2. The predicted octanol–water partition coefficient (Wildman–Crippen LogP) is 3.79. The normalized spacial score (nSPS) is 14.7. The lowest BCUT2D eigenvalue weighted by Gasteiger charge is -2.27.